The maximum atomic E-state index is 12.1. The molecule has 2 amide bonds. The lowest BCUT2D eigenvalue weighted by Gasteiger charge is -2.29. The summed E-state index contributed by atoms with van der Waals surface area (Å²) in [7, 11) is 3.32. The number of ether oxygens (including phenoxy) is 1. The zero-order chi connectivity index (χ0) is 15.9. The van der Waals surface area contributed by atoms with Crippen LogP contribution < -0.4 is 5.32 Å². The Labute approximate surface area is 126 Å². The quantitative estimate of drug-likeness (QED) is 0.810. The Hall–Kier alpha value is -1.59. The number of hydrogen-bond donors (Lipinski definition) is 2. The average Bonchev–Trinajstić information content (AvgIpc) is 2.44. The highest BCUT2D eigenvalue weighted by Gasteiger charge is 2.22. The van der Waals surface area contributed by atoms with Crippen LogP contribution in [0.3, 0.4) is 0 Å². The number of hydrogen-bond acceptors (Lipinski definition) is 3. The molecular formula is C16H26N2O3. The van der Waals surface area contributed by atoms with Gasteiger partial charge in [0.15, 0.2) is 0 Å². The Morgan fingerprint density at radius 2 is 2.00 bits per heavy atom. The molecule has 0 heterocycles. The van der Waals surface area contributed by atoms with Gasteiger partial charge in [-0.05, 0) is 25.8 Å². The van der Waals surface area contributed by atoms with Crippen LogP contribution in [-0.4, -0.2) is 48.9 Å². The first-order valence-corrected chi connectivity index (χ1v) is 7.11. The summed E-state index contributed by atoms with van der Waals surface area (Å²) in [5, 5.41) is 13.0. The summed E-state index contributed by atoms with van der Waals surface area (Å²) in [4.78, 5) is 13.6. The second-order valence-electron chi connectivity index (χ2n) is 5.88. The molecule has 5 heteroatoms. The fraction of sp³-hybridized carbons (Fsp3) is 0.562. The molecule has 0 aliphatic rings. The lowest BCUT2D eigenvalue weighted by Crippen LogP contribution is -2.51. The van der Waals surface area contributed by atoms with E-state index in [0.717, 1.165) is 5.56 Å². The molecule has 0 radical (unpaired) electrons. The second kappa shape index (κ2) is 8.00. The molecule has 0 aromatic heterocycles. The summed E-state index contributed by atoms with van der Waals surface area (Å²) in [6.45, 7) is 4.73. The van der Waals surface area contributed by atoms with E-state index in [1.165, 1.54) is 0 Å². The molecule has 0 bridgehead atoms. The van der Waals surface area contributed by atoms with Gasteiger partial charge in [0, 0.05) is 20.7 Å². The van der Waals surface area contributed by atoms with Gasteiger partial charge < -0.3 is 20.1 Å². The minimum absolute atomic E-state index is 0.169. The number of carbonyl (C=O) groups is 1. The maximum Gasteiger partial charge on any atom is 0.317 e. The van der Waals surface area contributed by atoms with Crippen molar-refractivity contribution >= 4 is 6.03 Å². The second-order valence-corrected chi connectivity index (χ2v) is 5.88. The fourth-order valence-electron chi connectivity index (χ4n) is 2.04. The molecule has 5 nitrogen and oxygen atoms in total. The van der Waals surface area contributed by atoms with Gasteiger partial charge in [0.2, 0.25) is 0 Å². The summed E-state index contributed by atoms with van der Waals surface area (Å²) in [5.74, 6) is 0. The highest BCUT2D eigenvalue weighted by atomic mass is 16.5. The number of aliphatic hydroxyl groups is 1. The lowest BCUT2D eigenvalue weighted by atomic mass is 10.1. The Morgan fingerprint density at radius 1 is 1.38 bits per heavy atom. The number of carbonyl (C=O) groups excluding carboxylic acids is 1. The first-order chi connectivity index (χ1) is 9.85. The molecule has 1 rings (SSSR count). The van der Waals surface area contributed by atoms with E-state index in [9.17, 15) is 9.90 Å². The minimum atomic E-state index is -0.562. The van der Waals surface area contributed by atoms with E-state index >= 15 is 0 Å². The Morgan fingerprint density at radius 3 is 2.57 bits per heavy atom. The topological polar surface area (TPSA) is 61.8 Å². The van der Waals surface area contributed by atoms with Crippen LogP contribution in [0.1, 0.15) is 31.9 Å². The van der Waals surface area contributed by atoms with Gasteiger partial charge in [0.05, 0.1) is 18.2 Å². The zero-order valence-corrected chi connectivity index (χ0v) is 13.3. The lowest BCUT2D eigenvalue weighted by molar-refractivity contribution is 0.120. The van der Waals surface area contributed by atoms with Gasteiger partial charge in [-0.1, -0.05) is 30.3 Å². The Bertz CT molecular complexity index is 434. The van der Waals surface area contributed by atoms with Crippen molar-refractivity contribution < 1.29 is 14.6 Å². The van der Waals surface area contributed by atoms with Crippen LogP contribution in [0.2, 0.25) is 0 Å². The van der Waals surface area contributed by atoms with Crippen LogP contribution in [-0.2, 0) is 4.74 Å². The summed E-state index contributed by atoms with van der Waals surface area (Å²) in [6, 6.07) is 9.29. The molecule has 0 aliphatic carbocycles. The van der Waals surface area contributed by atoms with Crippen molar-refractivity contribution in [3.8, 4) is 0 Å². The number of rotatable bonds is 7. The van der Waals surface area contributed by atoms with Gasteiger partial charge in [0.25, 0.3) is 0 Å². The predicted molar refractivity (Wildman–Crippen MR) is 83.1 cm³/mol. The maximum absolute atomic E-state index is 12.1. The van der Waals surface area contributed by atoms with Crippen molar-refractivity contribution in [3.05, 3.63) is 35.9 Å². The van der Waals surface area contributed by atoms with Crippen molar-refractivity contribution in [3.63, 3.8) is 0 Å². The number of amides is 2. The van der Waals surface area contributed by atoms with Crippen LogP contribution in [0.4, 0.5) is 4.79 Å². The third-order valence-corrected chi connectivity index (χ3v) is 3.22. The van der Waals surface area contributed by atoms with E-state index in [2.05, 4.69) is 5.32 Å². The van der Waals surface area contributed by atoms with Gasteiger partial charge in [-0.25, -0.2) is 4.79 Å². The minimum Gasteiger partial charge on any atom is -0.388 e. The van der Waals surface area contributed by atoms with Crippen LogP contribution in [0.15, 0.2) is 30.3 Å². The smallest absolute Gasteiger partial charge is 0.317 e. The molecule has 1 atom stereocenters. The van der Waals surface area contributed by atoms with Gasteiger partial charge >= 0.3 is 6.03 Å². The molecule has 1 aromatic rings. The SMILES string of the molecule is COCC(C)(C)NC(=O)N(C)CCC(O)c1ccccc1. The van der Waals surface area contributed by atoms with Crippen LogP contribution in [0, 0.1) is 0 Å². The third kappa shape index (κ3) is 6.14. The molecule has 0 fully saturated rings. The molecule has 21 heavy (non-hydrogen) atoms. The van der Waals surface area contributed by atoms with Crippen LogP contribution >= 0.6 is 0 Å². The van der Waals surface area contributed by atoms with E-state index in [-0.39, 0.29) is 6.03 Å². The first kappa shape index (κ1) is 17.5. The molecule has 0 aliphatic heterocycles. The zero-order valence-electron chi connectivity index (χ0n) is 13.3. The summed E-state index contributed by atoms with van der Waals surface area (Å²) >= 11 is 0. The summed E-state index contributed by atoms with van der Waals surface area (Å²) in [5.41, 5.74) is 0.448. The van der Waals surface area contributed by atoms with E-state index in [4.69, 9.17) is 4.74 Å². The van der Waals surface area contributed by atoms with E-state index in [0.29, 0.717) is 19.6 Å². The Balaban J connectivity index is 2.43. The predicted octanol–water partition coefficient (Wildman–Crippen LogP) is 2.18. The first-order valence-electron chi connectivity index (χ1n) is 7.11. The van der Waals surface area contributed by atoms with Crippen molar-refractivity contribution in [2.75, 3.05) is 27.3 Å². The number of nitrogens with zero attached hydrogens (tertiary/aromatic N) is 1. The van der Waals surface area contributed by atoms with Crippen molar-refractivity contribution in [2.24, 2.45) is 0 Å². The van der Waals surface area contributed by atoms with Gasteiger partial charge in [-0.3, -0.25) is 0 Å². The summed E-state index contributed by atoms with van der Waals surface area (Å²) < 4.78 is 5.07. The normalized spacial score (nSPS) is 12.8. The van der Waals surface area contributed by atoms with E-state index < -0.39 is 11.6 Å². The molecular weight excluding hydrogens is 268 g/mol. The number of methoxy groups -OCH3 is 1. The molecule has 0 saturated heterocycles. The van der Waals surface area contributed by atoms with E-state index in [1.807, 2.05) is 44.2 Å². The van der Waals surface area contributed by atoms with Gasteiger partial charge in [-0.15, -0.1) is 0 Å². The Kier molecular flexibility index (Phi) is 6.65. The highest BCUT2D eigenvalue weighted by molar-refractivity contribution is 5.74. The van der Waals surface area contributed by atoms with Crippen molar-refractivity contribution in [1.29, 1.82) is 0 Å². The van der Waals surface area contributed by atoms with E-state index in [1.54, 1.807) is 19.1 Å². The van der Waals surface area contributed by atoms with Crippen molar-refractivity contribution in [2.45, 2.75) is 31.9 Å². The molecule has 0 saturated carbocycles. The highest BCUT2D eigenvalue weighted by Crippen LogP contribution is 2.16. The van der Waals surface area contributed by atoms with Gasteiger partial charge in [0.1, 0.15) is 0 Å². The number of nitrogens with one attached hydrogen (secondary N) is 1. The molecule has 2 N–H and O–H groups in total. The molecule has 1 unspecified atom stereocenters. The monoisotopic (exact) mass is 294 g/mol. The van der Waals surface area contributed by atoms with Crippen LogP contribution in [0.25, 0.3) is 0 Å². The average molecular weight is 294 g/mol. The fourth-order valence-corrected chi connectivity index (χ4v) is 2.04. The number of urea groups is 1. The standard InChI is InChI=1S/C16H26N2O3/c1-16(2,12-21-4)17-15(20)18(3)11-10-14(19)13-8-6-5-7-9-13/h5-9,14,19H,10-12H2,1-4H3,(H,17,20). The van der Waals surface area contributed by atoms with Crippen molar-refractivity contribution in [1.82, 2.24) is 10.2 Å². The summed E-state index contributed by atoms with van der Waals surface area (Å²) in [6.07, 6.45) is -0.0630. The van der Waals surface area contributed by atoms with Crippen LogP contribution in [0.5, 0.6) is 0 Å². The van der Waals surface area contributed by atoms with Gasteiger partial charge in [-0.2, -0.15) is 0 Å². The molecule has 1 aromatic carbocycles. The number of aliphatic hydroxyl groups excluding tert-OH is 1. The largest absolute Gasteiger partial charge is 0.388 e. The third-order valence-electron chi connectivity index (χ3n) is 3.22. The molecule has 118 valence electrons. The number of benzene rings is 1. The molecule has 0 spiro atoms.